The van der Waals surface area contributed by atoms with Gasteiger partial charge in [-0.25, -0.2) is 0 Å². The zero-order valence-electron chi connectivity index (χ0n) is 14.7. The van der Waals surface area contributed by atoms with Crippen molar-refractivity contribution in [1.82, 2.24) is 14.8 Å². The van der Waals surface area contributed by atoms with Gasteiger partial charge in [-0.2, -0.15) is 5.10 Å². The predicted molar refractivity (Wildman–Crippen MR) is 99.8 cm³/mol. The molecule has 6 rings (SSSR count). The molecule has 0 radical (unpaired) electrons. The Balaban J connectivity index is 1.57. The van der Waals surface area contributed by atoms with Crippen LogP contribution in [0.1, 0.15) is 51.3 Å². The summed E-state index contributed by atoms with van der Waals surface area (Å²) < 4.78 is 8.46. The van der Waals surface area contributed by atoms with Crippen LogP contribution in [0, 0.1) is 22.5 Å². The number of aromatic amines is 1. The van der Waals surface area contributed by atoms with Crippen molar-refractivity contribution < 1.29 is 4.74 Å². The Labute approximate surface area is 153 Å². The summed E-state index contributed by atoms with van der Waals surface area (Å²) in [5, 5.41) is 7.84. The molecule has 0 amide bonds. The number of benzene rings is 1. The van der Waals surface area contributed by atoms with Crippen LogP contribution in [0.5, 0.6) is 5.75 Å². The van der Waals surface area contributed by atoms with E-state index in [9.17, 15) is 0 Å². The fraction of sp³-hybridized carbons (Fsp3) is 0.600. The van der Waals surface area contributed by atoms with Gasteiger partial charge in [0, 0.05) is 11.1 Å². The first-order valence-electron chi connectivity index (χ1n) is 9.58. The van der Waals surface area contributed by atoms with Crippen LogP contribution in [0.25, 0.3) is 5.69 Å². The summed E-state index contributed by atoms with van der Waals surface area (Å²) in [6.07, 6.45) is 8.18. The minimum Gasteiger partial charge on any atom is -0.494 e. The molecule has 4 fully saturated rings. The van der Waals surface area contributed by atoms with Gasteiger partial charge in [-0.05, 0) is 99.7 Å². The van der Waals surface area contributed by atoms with Gasteiger partial charge in [0.25, 0.3) is 0 Å². The number of H-pyrrole nitrogens is 1. The molecule has 4 bridgehead atoms. The number of hydrogen-bond acceptors (Lipinski definition) is 3. The third kappa shape index (κ3) is 2.47. The van der Waals surface area contributed by atoms with Gasteiger partial charge in [0.1, 0.15) is 11.6 Å². The quantitative estimate of drug-likeness (QED) is 0.801. The second-order valence-electron chi connectivity index (χ2n) is 8.31. The van der Waals surface area contributed by atoms with Gasteiger partial charge in [-0.15, -0.1) is 0 Å². The Morgan fingerprint density at radius 2 is 1.72 bits per heavy atom. The van der Waals surface area contributed by atoms with E-state index in [1.165, 1.54) is 44.3 Å². The maximum atomic E-state index is 5.61. The van der Waals surface area contributed by atoms with Gasteiger partial charge in [-0.3, -0.25) is 9.67 Å². The van der Waals surface area contributed by atoms with Crippen LogP contribution in [0.15, 0.2) is 24.3 Å². The first-order valence-corrected chi connectivity index (χ1v) is 9.99. The van der Waals surface area contributed by atoms with Crippen molar-refractivity contribution in [2.24, 2.45) is 17.8 Å². The molecule has 0 atom stereocenters. The van der Waals surface area contributed by atoms with Crippen molar-refractivity contribution in [3.05, 3.63) is 34.9 Å². The molecule has 25 heavy (non-hydrogen) atoms. The summed E-state index contributed by atoms with van der Waals surface area (Å²) in [5.41, 5.74) is 1.31. The number of nitrogens with zero attached hydrogens (tertiary/aromatic N) is 2. The summed E-state index contributed by atoms with van der Waals surface area (Å²) in [6, 6.07) is 8.24. The highest BCUT2D eigenvalue weighted by atomic mass is 32.1. The van der Waals surface area contributed by atoms with E-state index < -0.39 is 0 Å². The molecule has 5 heteroatoms. The molecule has 4 aliphatic carbocycles. The third-order valence-corrected chi connectivity index (χ3v) is 6.86. The summed E-state index contributed by atoms with van der Waals surface area (Å²) in [4.78, 5) is 0. The zero-order valence-corrected chi connectivity index (χ0v) is 15.5. The molecule has 2 aromatic rings. The van der Waals surface area contributed by atoms with Gasteiger partial charge in [0.2, 0.25) is 0 Å². The molecular weight excluding hydrogens is 330 g/mol. The van der Waals surface area contributed by atoms with Crippen molar-refractivity contribution >= 4 is 12.2 Å². The van der Waals surface area contributed by atoms with Crippen LogP contribution in [-0.2, 0) is 5.41 Å². The Morgan fingerprint density at radius 1 is 1.12 bits per heavy atom. The summed E-state index contributed by atoms with van der Waals surface area (Å²) in [7, 11) is 0. The largest absolute Gasteiger partial charge is 0.494 e. The minimum absolute atomic E-state index is 0.223. The molecule has 4 aliphatic rings. The Morgan fingerprint density at radius 3 is 2.28 bits per heavy atom. The van der Waals surface area contributed by atoms with E-state index in [-0.39, 0.29) is 5.41 Å². The SMILES string of the molecule is CCOc1ccc(-n2c(C34CC5CC(CC(C5)C3)C4)n[nH]c2=S)cc1. The van der Waals surface area contributed by atoms with Crippen LogP contribution in [0.3, 0.4) is 0 Å². The van der Waals surface area contributed by atoms with Crippen LogP contribution in [-0.4, -0.2) is 21.4 Å². The average molecular weight is 356 g/mol. The molecule has 132 valence electrons. The number of hydrogen-bond donors (Lipinski definition) is 1. The van der Waals surface area contributed by atoms with E-state index in [4.69, 9.17) is 22.1 Å². The number of aromatic nitrogens is 3. The van der Waals surface area contributed by atoms with E-state index in [1.54, 1.807) is 0 Å². The van der Waals surface area contributed by atoms with Crippen molar-refractivity contribution in [3.63, 3.8) is 0 Å². The highest BCUT2D eigenvalue weighted by Crippen LogP contribution is 2.60. The van der Waals surface area contributed by atoms with Crippen molar-refractivity contribution in [2.75, 3.05) is 6.61 Å². The van der Waals surface area contributed by atoms with Crippen LogP contribution >= 0.6 is 12.2 Å². The monoisotopic (exact) mass is 355 g/mol. The van der Waals surface area contributed by atoms with E-state index >= 15 is 0 Å². The summed E-state index contributed by atoms with van der Waals surface area (Å²) in [6.45, 7) is 2.69. The molecule has 4 nitrogen and oxygen atoms in total. The Kier molecular flexibility index (Phi) is 3.56. The van der Waals surface area contributed by atoms with E-state index in [2.05, 4.69) is 21.8 Å². The van der Waals surface area contributed by atoms with Crippen molar-refractivity contribution in [1.29, 1.82) is 0 Å². The van der Waals surface area contributed by atoms with Gasteiger partial charge < -0.3 is 4.74 Å². The predicted octanol–water partition coefficient (Wildman–Crippen LogP) is 4.80. The lowest BCUT2D eigenvalue weighted by molar-refractivity contribution is -0.0102. The van der Waals surface area contributed by atoms with Gasteiger partial charge in [-0.1, -0.05) is 0 Å². The van der Waals surface area contributed by atoms with Crippen LogP contribution < -0.4 is 4.74 Å². The molecule has 0 unspecified atom stereocenters. The third-order valence-electron chi connectivity index (χ3n) is 6.59. The Bertz CT molecular complexity index is 800. The second kappa shape index (κ2) is 5.70. The topological polar surface area (TPSA) is 42.8 Å². The Hall–Kier alpha value is -1.62. The van der Waals surface area contributed by atoms with Gasteiger partial charge in [0.15, 0.2) is 4.77 Å². The molecule has 0 saturated heterocycles. The van der Waals surface area contributed by atoms with Crippen LogP contribution in [0.4, 0.5) is 0 Å². The standard InChI is InChI=1S/C20H25N3OS/c1-2-24-17-5-3-16(4-6-17)23-18(21-22-19(23)25)20-10-13-7-14(11-20)9-15(8-13)12-20/h3-6,13-15H,2,7-12H2,1H3,(H,22,25). The molecular formula is C20H25N3OS. The number of nitrogens with one attached hydrogen (secondary N) is 1. The van der Waals surface area contributed by atoms with E-state index in [0.29, 0.717) is 11.4 Å². The fourth-order valence-electron chi connectivity index (χ4n) is 6.13. The zero-order chi connectivity index (χ0) is 17.0. The van der Waals surface area contributed by atoms with E-state index in [0.717, 1.165) is 29.2 Å². The molecule has 4 saturated carbocycles. The average Bonchev–Trinajstić information content (AvgIpc) is 2.97. The molecule has 1 N–H and O–H groups in total. The first-order chi connectivity index (χ1) is 12.2. The second-order valence-corrected chi connectivity index (χ2v) is 8.70. The molecule has 1 aromatic heterocycles. The van der Waals surface area contributed by atoms with Crippen LogP contribution in [0.2, 0.25) is 0 Å². The fourth-order valence-corrected chi connectivity index (χ4v) is 6.37. The molecule has 1 aromatic carbocycles. The van der Waals surface area contributed by atoms with Crippen molar-refractivity contribution in [2.45, 2.75) is 50.9 Å². The first kappa shape index (κ1) is 15.6. The highest BCUT2D eigenvalue weighted by molar-refractivity contribution is 7.71. The summed E-state index contributed by atoms with van der Waals surface area (Å²) >= 11 is 5.61. The summed E-state index contributed by atoms with van der Waals surface area (Å²) in [5.74, 6) is 4.75. The number of rotatable bonds is 4. The lowest BCUT2D eigenvalue weighted by Gasteiger charge is -2.56. The van der Waals surface area contributed by atoms with E-state index in [1.807, 2.05) is 19.1 Å². The smallest absolute Gasteiger partial charge is 0.199 e. The van der Waals surface area contributed by atoms with Crippen molar-refractivity contribution in [3.8, 4) is 11.4 Å². The molecule has 0 aliphatic heterocycles. The lowest BCUT2D eigenvalue weighted by Crippen LogP contribution is -2.49. The maximum Gasteiger partial charge on any atom is 0.199 e. The van der Waals surface area contributed by atoms with Gasteiger partial charge >= 0.3 is 0 Å². The molecule has 1 heterocycles. The number of ether oxygens (including phenoxy) is 1. The minimum atomic E-state index is 0.223. The highest BCUT2D eigenvalue weighted by Gasteiger charge is 2.53. The van der Waals surface area contributed by atoms with Gasteiger partial charge in [0.05, 0.1) is 6.61 Å². The molecule has 0 spiro atoms. The maximum absolute atomic E-state index is 5.61. The lowest BCUT2D eigenvalue weighted by atomic mass is 9.49. The normalized spacial score (nSPS) is 32.9.